The van der Waals surface area contributed by atoms with E-state index in [-0.39, 0.29) is 5.54 Å². The molecular weight excluding hydrogens is 270 g/mol. The predicted octanol–water partition coefficient (Wildman–Crippen LogP) is 3.13. The highest BCUT2D eigenvalue weighted by molar-refractivity contribution is 6.71. The number of nitrogens with two attached hydrogens (primary N) is 1. The highest BCUT2D eigenvalue weighted by atomic mass is 28.4. The number of hydrogen-bond donors (Lipinski definition) is 1. The zero-order valence-corrected chi connectivity index (χ0v) is 15.0. The van der Waals surface area contributed by atoms with Crippen molar-refractivity contribution in [2.24, 2.45) is 5.73 Å². The van der Waals surface area contributed by atoms with Crippen LogP contribution in [0.5, 0.6) is 0 Å². The summed E-state index contributed by atoms with van der Waals surface area (Å²) in [4.78, 5) is 0. The molecule has 0 aromatic carbocycles. The van der Waals surface area contributed by atoms with E-state index in [1.807, 2.05) is 20.8 Å². The second kappa shape index (κ2) is 7.36. The van der Waals surface area contributed by atoms with Gasteiger partial charge in [-0.05, 0) is 53.0 Å². The lowest BCUT2D eigenvalue weighted by Crippen LogP contribution is -2.78. The van der Waals surface area contributed by atoms with Gasteiger partial charge in [0.25, 0.3) is 0 Å². The fraction of sp³-hybridized carbons (Fsp3) is 1.00. The molecule has 4 nitrogen and oxygen atoms in total. The van der Waals surface area contributed by atoms with Crippen molar-refractivity contribution in [2.45, 2.75) is 77.1 Å². The van der Waals surface area contributed by atoms with Crippen LogP contribution in [0, 0.1) is 0 Å². The molecule has 0 bridgehead atoms. The largest absolute Gasteiger partial charge is 0.393 e. The summed E-state index contributed by atoms with van der Waals surface area (Å²) >= 11 is 0. The third kappa shape index (κ3) is 2.97. The Labute approximate surface area is 125 Å². The van der Waals surface area contributed by atoms with Gasteiger partial charge in [0, 0.05) is 25.4 Å². The molecule has 0 aliphatic carbocycles. The normalized spacial score (nSPS) is 33.3. The third-order valence-electron chi connectivity index (χ3n) is 4.49. The van der Waals surface area contributed by atoms with Gasteiger partial charge in [-0.1, -0.05) is 13.3 Å². The van der Waals surface area contributed by atoms with Crippen molar-refractivity contribution >= 4 is 8.56 Å². The van der Waals surface area contributed by atoms with E-state index in [9.17, 15) is 0 Å². The summed E-state index contributed by atoms with van der Waals surface area (Å²) in [7, 11) is -2.49. The van der Waals surface area contributed by atoms with Gasteiger partial charge in [-0.3, -0.25) is 0 Å². The van der Waals surface area contributed by atoms with Gasteiger partial charge in [-0.15, -0.1) is 0 Å². The molecule has 2 atom stereocenters. The monoisotopic (exact) mass is 303 g/mol. The Balaban J connectivity index is 3.32. The Bertz CT molecular complexity index is 279. The van der Waals surface area contributed by atoms with Gasteiger partial charge in [0.15, 0.2) is 0 Å². The molecule has 20 heavy (non-hydrogen) atoms. The Morgan fingerprint density at radius 2 is 1.65 bits per heavy atom. The van der Waals surface area contributed by atoms with E-state index in [4.69, 9.17) is 19.3 Å². The molecule has 0 saturated carbocycles. The van der Waals surface area contributed by atoms with E-state index < -0.39 is 13.8 Å². The number of hydrogen-bond acceptors (Lipinski definition) is 4. The first-order valence-corrected chi connectivity index (χ1v) is 10.2. The van der Waals surface area contributed by atoms with E-state index in [2.05, 4.69) is 13.8 Å². The first kappa shape index (κ1) is 18.1. The van der Waals surface area contributed by atoms with E-state index >= 15 is 0 Å². The van der Waals surface area contributed by atoms with Crippen LogP contribution in [-0.4, -0.2) is 39.1 Å². The summed E-state index contributed by atoms with van der Waals surface area (Å²) in [5.74, 6) is 0. The van der Waals surface area contributed by atoms with Gasteiger partial charge in [0.05, 0.1) is 0 Å². The molecule has 1 heterocycles. The van der Waals surface area contributed by atoms with Crippen molar-refractivity contribution in [3.8, 4) is 0 Å². The first-order valence-electron chi connectivity index (χ1n) is 8.16. The Hall–Kier alpha value is 0.0569. The predicted molar refractivity (Wildman–Crippen MR) is 84.9 cm³/mol. The summed E-state index contributed by atoms with van der Waals surface area (Å²) in [6.45, 7) is 12.4. The maximum atomic E-state index is 6.72. The molecule has 0 radical (unpaired) electrons. The Kier molecular flexibility index (Phi) is 6.66. The molecule has 120 valence electrons. The maximum Gasteiger partial charge on any atom is 0.373 e. The molecule has 2 unspecified atom stereocenters. The smallest absolute Gasteiger partial charge is 0.373 e. The van der Waals surface area contributed by atoms with Crippen LogP contribution in [0.2, 0.25) is 6.04 Å². The van der Waals surface area contributed by atoms with Crippen LogP contribution in [0.25, 0.3) is 0 Å². The molecular formula is C15H33NO3Si. The van der Waals surface area contributed by atoms with Crippen molar-refractivity contribution in [1.29, 1.82) is 0 Å². The third-order valence-corrected chi connectivity index (χ3v) is 9.21. The quantitative estimate of drug-likeness (QED) is 0.700. The molecule has 2 N–H and O–H groups in total. The maximum absolute atomic E-state index is 6.72. The molecule has 0 spiro atoms. The standard InChI is InChI=1S/C15H33NO3Si/c1-6-11-15(17-7-2)14(5,16)12-10-13-20(15,18-8-3)19-9-4/h6-13,16H2,1-5H3. The van der Waals surface area contributed by atoms with E-state index in [0.717, 1.165) is 31.7 Å². The highest BCUT2D eigenvalue weighted by Gasteiger charge is 2.67. The summed E-state index contributed by atoms with van der Waals surface area (Å²) in [6.07, 6.45) is 3.99. The van der Waals surface area contributed by atoms with Gasteiger partial charge in [0.2, 0.25) is 0 Å². The van der Waals surface area contributed by atoms with Crippen LogP contribution < -0.4 is 5.73 Å². The zero-order chi connectivity index (χ0) is 15.3. The van der Waals surface area contributed by atoms with Crippen molar-refractivity contribution in [3.63, 3.8) is 0 Å². The minimum absolute atomic E-state index is 0.381. The average Bonchev–Trinajstić information content (AvgIpc) is 2.37. The van der Waals surface area contributed by atoms with Crippen molar-refractivity contribution in [3.05, 3.63) is 0 Å². The molecule has 1 aliphatic rings. The van der Waals surface area contributed by atoms with Crippen molar-refractivity contribution in [2.75, 3.05) is 19.8 Å². The van der Waals surface area contributed by atoms with Crippen LogP contribution in [-0.2, 0) is 13.6 Å². The lowest BCUT2D eigenvalue weighted by Gasteiger charge is -2.57. The summed E-state index contributed by atoms with van der Waals surface area (Å²) in [6, 6.07) is 0.988. The Morgan fingerprint density at radius 1 is 1.05 bits per heavy atom. The number of rotatable bonds is 8. The van der Waals surface area contributed by atoms with Crippen LogP contribution in [0.4, 0.5) is 0 Å². The lowest BCUT2D eigenvalue weighted by atomic mass is 9.86. The second-order valence-corrected chi connectivity index (χ2v) is 9.29. The fourth-order valence-electron chi connectivity index (χ4n) is 3.83. The fourth-order valence-corrected chi connectivity index (χ4v) is 8.64. The average molecular weight is 304 g/mol. The molecule has 1 aliphatic heterocycles. The summed E-state index contributed by atoms with van der Waals surface area (Å²) in [5, 5.41) is -0.437. The number of ether oxygens (including phenoxy) is 1. The SMILES string of the molecule is CCCC1(OCC)C(C)(N)CCC[Si]1(OCC)OCC. The molecule has 1 saturated heterocycles. The van der Waals surface area contributed by atoms with Gasteiger partial charge >= 0.3 is 8.56 Å². The molecule has 0 aromatic rings. The summed E-state index contributed by atoms with van der Waals surface area (Å²) < 4.78 is 18.9. The Morgan fingerprint density at radius 3 is 2.10 bits per heavy atom. The molecule has 0 amide bonds. The van der Waals surface area contributed by atoms with Crippen LogP contribution in [0.3, 0.4) is 0 Å². The second-order valence-electron chi connectivity index (χ2n) is 5.90. The van der Waals surface area contributed by atoms with Crippen LogP contribution in [0.1, 0.15) is 60.3 Å². The van der Waals surface area contributed by atoms with Gasteiger partial charge < -0.3 is 19.3 Å². The highest BCUT2D eigenvalue weighted by Crippen LogP contribution is 2.48. The topological polar surface area (TPSA) is 53.7 Å². The molecule has 1 fully saturated rings. The van der Waals surface area contributed by atoms with E-state index in [0.29, 0.717) is 19.8 Å². The van der Waals surface area contributed by atoms with Crippen LogP contribution in [0.15, 0.2) is 0 Å². The summed E-state index contributed by atoms with van der Waals surface area (Å²) in [5.41, 5.74) is 6.33. The van der Waals surface area contributed by atoms with Crippen molar-refractivity contribution in [1.82, 2.24) is 0 Å². The molecule has 1 rings (SSSR count). The van der Waals surface area contributed by atoms with Crippen molar-refractivity contribution < 1.29 is 13.6 Å². The lowest BCUT2D eigenvalue weighted by molar-refractivity contribution is -0.0863. The molecule has 5 heteroatoms. The minimum Gasteiger partial charge on any atom is -0.393 e. The first-order chi connectivity index (χ1) is 9.45. The minimum atomic E-state index is -2.49. The van der Waals surface area contributed by atoms with Gasteiger partial charge in [-0.25, -0.2) is 0 Å². The van der Waals surface area contributed by atoms with E-state index in [1.165, 1.54) is 0 Å². The van der Waals surface area contributed by atoms with Crippen LogP contribution >= 0.6 is 0 Å². The van der Waals surface area contributed by atoms with E-state index in [1.54, 1.807) is 0 Å². The van der Waals surface area contributed by atoms with Gasteiger partial charge in [0.1, 0.15) is 5.22 Å². The molecule has 0 aromatic heterocycles. The zero-order valence-electron chi connectivity index (χ0n) is 14.0. The van der Waals surface area contributed by atoms with Gasteiger partial charge in [-0.2, -0.15) is 0 Å².